The van der Waals surface area contributed by atoms with Crippen molar-refractivity contribution in [3.63, 3.8) is 0 Å². The van der Waals surface area contributed by atoms with E-state index in [0.717, 1.165) is 25.5 Å². The van der Waals surface area contributed by atoms with Crippen LogP contribution in [0.1, 0.15) is 25.6 Å². The number of piperidine rings is 1. The molecule has 1 aromatic rings. The Morgan fingerprint density at radius 2 is 2.44 bits per heavy atom. The molecule has 1 aliphatic rings. The van der Waals surface area contributed by atoms with Gasteiger partial charge in [-0.3, -0.25) is 9.58 Å². The lowest BCUT2D eigenvalue weighted by atomic mass is 10.1. The molecule has 1 fully saturated rings. The second-order valence-corrected chi connectivity index (χ2v) is 4.47. The van der Waals surface area contributed by atoms with Gasteiger partial charge < -0.3 is 5.32 Å². The molecule has 1 saturated heterocycles. The van der Waals surface area contributed by atoms with Gasteiger partial charge in [-0.05, 0) is 25.9 Å². The molecule has 0 spiro atoms. The summed E-state index contributed by atoms with van der Waals surface area (Å²) in [5, 5.41) is 7.84. The molecule has 1 aromatic heterocycles. The fourth-order valence-electron chi connectivity index (χ4n) is 2.31. The molecule has 1 unspecified atom stereocenters. The zero-order valence-electron chi connectivity index (χ0n) is 10.2. The third kappa shape index (κ3) is 3.02. The smallest absolute Gasteiger partial charge is 0.164 e. The molecular formula is C11H21N5. The molecule has 2 heterocycles. The Balaban J connectivity index is 1.85. The van der Waals surface area contributed by atoms with Crippen LogP contribution in [0, 0.1) is 0 Å². The summed E-state index contributed by atoms with van der Waals surface area (Å²) in [4.78, 5) is 6.71. The molecule has 1 aliphatic heterocycles. The summed E-state index contributed by atoms with van der Waals surface area (Å²) in [6, 6.07) is 0.641. The van der Waals surface area contributed by atoms with E-state index in [9.17, 15) is 0 Å². The first-order valence-electron chi connectivity index (χ1n) is 6.08. The second kappa shape index (κ2) is 5.41. The van der Waals surface area contributed by atoms with Crippen LogP contribution in [-0.4, -0.2) is 45.3 Å². The number of nitrogens with one attached hydrogen (secondary N) is 1. The molecule has 0 aromatic carbocycles. The number of aromatic nitrogens is 3. The topological polar surface area (TPSA) is 46.0 Å². The minimum absolute atomic E-state index is 0.641. The van der Waals surface area contributed by atoms with E-state index in [4.69, 9.17) is 0 Å². The van der Waals surface area contributed by atoms with Crippen LogP contribution in [0.3, 0.4) is 0 Å². The van der Waals surface area contributed by atoms with E-state index < -0.39 is 0 Å². The highest BCUT2D eigenvalue weighted by Crippen LogP contribution is 2.11. The van der Waals surface area contributed by atoms with E-state index in [1.165, 1.54) is 19.4 Å². The third-order valence-corrected chi connectivity index (χ3v) is 3.01. The zero-order chi connectivity index (χ0) is 11.4. The number of hydrogen-bond acceptors (Lipinski definition) is 4. The molecule has 1 atom stereocenters. The molecule has 5 nitrogen and oxygen atoms in total. The van der Waals surface area contributed by atoms with Crippen molar-refractivity contribution in [2.45, 2.75) is 32.4 Å². The summed E-state index contributed by atoms with van der Waals surface area (Å²) in [5.41, 5.74) is 0. The monoisotopic (exact) mass is 223 g/mol. The van der Waals surface area contributed by atoms with Crippen LogP contribution < -0.4 is 5.32 Å². The van der Waals surface area contributed by atoms with E-state index >= 15 is 0 Å². The number of hydrogen-bond donors (Lipinski definition) is 1. The van der Waals surface area contributed by atoms with Crippen molar-refractivity contribution in [1.29, 1.82) is 0 Å². The van der Waals surface area contributed by atoms with Crippen molar-refractivity contribution in [2.75, 3.05) is 19.6 Å². The van der Waals surface area contributed by atoms with Gasteiger partial charge in [0.2, 0.25) is 0 Å². The maximum Gasteiger partial charge on any atom is 0.164 e. The Kier molecular flexibility index (Phi) is 3.90. The molecule has 0 bridgehead atoms. The quantitative estimate of drug-likeness (QED) is 0.802. The molecule has 0 radical (unpaired) electrons. The Labute approximate surface area is 96.8 Å². The van der Waals surface area contributed by atoms with E-state index in [1.807, 2.05) is 7.05 Å². The lowest BCUT2D eigenvalue weighted by Crippen LogP contribution is -2.45. The van der Waals surface area contributed by atoms with Crippen molar-refractivity contribution in [2.24, 2.45) is 7.05 Å². The number of nitrogens with zero attached hydrogens (tertiary/aromatic N) is 4. The van der Waals surface area contributed by atoms with E-state index in [-0.39, 0.29) is 0 Å². The normalized spacial score (nSPS) is 22.5. The largest absolute Gasteiger partial charge is 0.313 e. The van der Waals surface area contributed by atoms with Gasteiger partial charge in [-0.15, -0.1) is 0 Å². The SMILES string of the molecule is CCNC1CCCN(Cc2ncn(C)n2)C1. The molecule has 0 amide bonds. The Hall–Kier alpha value is -0.940. The van der Waals surface area contributed by atoms with Crippen molar-refractivity contribution in [3.8, 4) is 0 Å². The second-order valence-electron chi connectivity index (χ2n) is 4.47. The number of likely N-dealkylation sites (N-methyl/N-ethyl adjacent to an activating group) is 1. The molecule has 1 N–H and O–H groups in total. The molecule has 90 valence electrons. The highest BCUT2D eigenvalue weighted by molar-refractivity contribution is 4.85. The summed E-state index contributed by atoms with van der Waals surface area (Å²) < 4.78 is 1.76. The van der Waals surface area contributed by atoms with Gasteiger partial charge in [-0.2, -0.15) is 5.10 Å². The highest BCUT2D eigenvalue weighted by atomic mass is 15.3. The van der Waals surface area contributed by atoms with Gasteiger partial charge in [0.15, 0.2) is 5.82 Å². The average molecular weight is 223 g/mol. The summed E-state index contributed by atoms with van der Waals surface area (Å²) in [6.45, 7) is 6.38. The van der Waals surface area contributed by atoms with Crippen LogP contribution in [0.5, 0.6) is 0 Å². The van der Waals surface area contributed by atoms with Gasteiger partial charge in [0.1, 0.15) is 6.33 Å². The van der Waals surface area contributed by atoms with E-state index in [1.54, 1.807) is 11.0 Å². The minimum Gasteiger partial charge on any atom is -0.313 e. The Morgan fingerprint density at radius 3 is 3.12 bits per heavy atom. The first kappa shape index (κ1) is 11.5. The van der Waals surface area contributed by atoms with Crippen LogP contribution in [0.4, 0.5) is 0 Å². The average Bonchev–Trinajstić information content (AvgIpc) is 2.65. The fourth-order valence-corrected chi connectivity index (χ4v) is 2.31. The van der Waals surface area contributed by atoms with Crippen molar-refractivity contribution < 1.29 is 0 Å². The zero-order valence-corrected chi connectivity index (χ0v) is 10.2. The van der Waals surface area contributed by atoms with Crippen LogP contribution in [0.25, 0.3) is 0 Å². The molecule has 0 aliphatic carbocycles. The molecule has 2 rings (SSSR count). The summed E-state index contributed by atoms with van der Waals surface area (Å²) >= 11 is 0. The van der Waals surface area contributed by atoms with Crippen molar-refractivity contribution >= 4 is 0 Å². The lowest BCUT2D eigenvalue weighted by Gasteiger charge is -2.32. The summed E-state index contributed by atoms with van der Waals surface area (Å²) in [7, 11) is 1.91. The van der Waals surface area contributed by atoms with E-state index in [0.29, 0.717) is 6.04 Å². The van der Waals surface area contributed by atoms with Gasteiger partial charge in [-0.1, -0.05) is 6.92 Å². The molecule has 5 heteroatoms. The lowest BCUT2D eigenvalue weighted by molar-refractivity contribution is 0.181. The number of aryl methyl sites for hydroxylation is 1. The van der Waals surface area contributed by atoms with Gasteiger partial charge in [-0.25, -0.2) is 4.98 Å². The predicted octanol–water partition coefficient (Wildman–Crippen LogP) is 0.389. The first-order valence-corrected chi connectivity index (χ1v) is 6.08. The maximum absolute atomic E-state index is 4.32. The maximum atomic E-state index is 4.32. The Bertz CT molecular complexity index is 320. The Morgan fingerprint density at radius 1 is 1.56 bits per heavy atom. The minimum atomic E-state index is 0.641. The van der Waals surface area contributed by atoms with E-state index in [2.05, 4.69) is 27.2 Å². The number of rotatable bonds is 4. The van der Waals surface area contributed by atoms with Gasteiger partial charge in [0.25, 0.3) is 0 Å². The van der Waals surface area contributed by atoms with Crippen molar-refractivity contribution in [1.82, 2.24) is 25.0 Å². The standard InChI is InChI=1S/C11H21N5/c1-3-12-10-5-4-6-16(7-10)8-11-13-9-15(2)14-11/h9-10,12H,3-8H2,1-2H3. The van der Waals surface area contributed by atoms with Crippen LogP contribution in [0.15, 0.2) is 6.33 Å². The summed E-state index contributed by atoms with van der Waals surface area (Å²) in [5.74, 6) is 0.930. The van der Waals surface area contributed by atoms with Gasteiger partial charge in [0.05, 0.1) is 6.54 Å². The number of likely N-dealkylation sites (tertiary alicyclic amines) is 1. The molecule has 16 heavy (non-hydrogen) atoms. The summed E-state index contributed by atoms with van der Waals surface area (Å²) in [6.07, 6.45) is 4.32. The van der Waals surface area contributed by atoms with Crippen LogP contribution in [-0.2, 0) is 13.6 Å². The van der Waals surface area contributed by atoms with Crippen molar-refractivity contribution in [3.05, 3.63) is 12.2 Å². The molecule has 0 saturated carbocycles. The molecular weight excluding hydrogens is 202 g/mol. The van der Waals surface area contributed by atoms with Gasteiger partial charge >= 0.3 is 0 Å². The fraction of sp³-hybridized carbons (Fsp3) is 0.818. The van der Waals surface area contributed by atoms with Crippen LogP contribution >= 0.6 is 0 Å². The van der Waals surface area contributed by atoms with Crippen LogP contribution in [0.2, 0.25) is 0 Å². The van der Waals surface area contributed by atoms with Gasteiger partial charge in [0, 0.05) is 19.6 Å². The predicted molar refractivity (Wildman–Crippen MR) is 63.0 cm³/mol. The highest BCUT2D eigenvalue weighted by Gasteiger charge is 2.19. The third-order valence-electron chi connectivity index (χ3n) is 3.01. The first-order chi connectivity index (χ1) is 7.78.